The summed E-state index contributed by atoms with van der Waals surface area (Å²) in [7, 11) is 0. The van der Waals surface area contributed by atoms with Gasteiger partial charge in [-0.1, -0.05) is 103 Å². The van der Waals surface area contributed by atoms with Crippen molar-refractivity contribution in [3.63, 3.8) is 0 Å². The van der Waals surface area contributed by atoms with Crippen LogP contribution in [-0.4, -0.2) is 35.5 Å². The summed E-state index contributed by atoms with van der Waals surface area (Å²) in [6.07, 6.45) is -0.0340. The highest BCUT2D eigenvalue weighted by Crippen LogP contribution is 2.27. The van der Waals surface area contributed by atoms with Crippen molar-refractivity contribution in [2.45, 2.75) is 31.9 Å². The second kappa shape index (κ2) is 11.7. The first-order chi connectivity index (χ1) is 18.6. The van der Waals surface area contributed by atoms with Crippen molar-refractivity contribution in [2.24, 2.45) is 5.92 Å². The molecule has 0 spiro atoms. The van der Waals surface area contributed by atoms with Crippen molar-refractivity contribution < 1.29 is 23.9 Å². The Morgan fingerprint density at radius 3 is 2.26 bits per heavy atom. The first-order valence-corrected chi connectivity index (χ1v) is 12.8. The number of imide groups is 1. The van der Waals surface area contributed by atoms with Crippen molar-refractivity contribution in [1.29, 1.82) is 0 Å². The van der Waals surface area contributed by atoms with Gasteiger partial charge in [-0.3, -0.25) is 9.59 Å². The largest absolute Gasteiger partial charge is 0.461 e. The maximum Gasteiger partial charge on any atom is 0.416 e. The van der Waals surface area contributed by atoms with Crippen molar-refractivity contribution in [1.82, 2.24) is 4.90 Å². The number of rotatable bonds is 9. The Morgan fingerprint density at radius 2 is 1.50 bits per heavy atom. The number of hydrogen-bond acceptors (Lipinski definition) is 5. The fourth-order valence-corrected chi connectivity index (χ4v) is 4.94. The van der Waals surface area contributed by atoms with Crippen molar-refractivity contribution in [2.75, 3.05) is 6.61 Å². The molecule has 2 atom stereocenters. The Labute approximate surface area is 221 Å². The van der Waals surface area contributed by atoms with E-state index in [1.807, 2.05) is 103 Å². The van der Waals surface area contributed by atoms with Crippen molar-refractivity contribution in [3.8, 4) is 0 Å². The Morgan fingerprint density at radius 1 is 0.842 bits per heavy atom. The quantitative estimate of drug-likeness (QED) is 0.271. The minimum atomic E-state index is -0.784. The third-order valence-corrected chi connectivity index (χ3v) is 6.86. The molecular formula is C32H29NO5. The fourth-order valence-electron chi connectivity index (χ4n) is 4.94. The summed E-state index contributed by atoms with van der Waals surface area (Å²) in [6.45, 7) is 0.246. The normalized spacial score (nSPS) is 15.7. The number of carbonyl (C=O) groups excluding carboxylic acids is 3. The maximum absolute atomic E-state index is 13.9. The molecule has 4 aromatic carbocycles. The molecule has 0 radical (unpaired) electrons. The van der Waals surface area contributed by atoms with Gasteiger partial charge < -0.3 is 9.47 Å². The molecule has 5 rings (SSSR count). The number of nitrogens with zero attached hydrogens (tertiary/aromatic N) is 1. The van der Waals surface area contributed by atoms with Crippen LogP contribution in [0.25, 0.3) is 10.8 Å². The molecule has 192 valence electrons. The van der Waals surface area contributed by atoms with E-state index in [1.165, 1.54) is 4.90 Å². The maximum atomic E-state index is 13.9. The first kappa shape index (κ1) is 25.2. The second-order valence-electron chi connectivity index (χ2n) is 9.52. The average Bonchev–Trinajstić information content (AvgIpc) is 3.31. The molecule has 1 fully saturated rings. The highest BCUT2D eigenvalue weighted by atomic mass is 16.6. The SMILES string of the molecule is O=C(CC(Cc1cccc2ccccc12)C(=O)N1C(=O)OC[C@@H]1Cc1ccccc1)OCc1ccccc1. The Kier molecular flexibility index (Phi) is 7.78. The van der Waals surface area contributed by atoms with Gasteiger partial charge in [0.15, 0.2) is 0 Å². The Hall–Kier alpha value is -4.45. The predicted octanol–water partition coefficient (Wildman–Crippen LogP) is 5.72. The van der Waals surface area contributed by atoms with Crippen LogP contribution in [0.4, 0.5) is 4.79 Å². The average molecular weight is 508 g/mol. The highest BCUT2D eigenvalue weighted by molar-refractivity contribution is 5.97. The molecule has 1 unspecified atom stereocenters. The molecule has 1 aliphatic rings. The van der Waals surface area contributed by atoms with Crippen LogP contribution >= 0.6 is 0 Å². The van der Waals surface area contributed by atoms with E-state index >= 15 is 0 Å². The lowest BCUT2D eigenvalue weighted by atomic mass is 9.91. The zero-order valence-electron chi connectivity index (χ0n) is 21.0. The standard InChI is InChI=1S/C32H29NO5/c34-30(37-21-24-12-5-2-6-13-24)20-27(19-26-16-9-15-25-14-7-8-17-29(25)26)31(35)33-28(22-38-32(33)36)18-23-10-3-1-4-11-23/h1-17,27-28H,18-22H2/t27?,28-/m0/s1. The number of hydrogen-bond donors (Lipinski definition) is 0. The van der Waals surface area contributed by atoms with E-state index in [0.29, 0.717) is 12.8 Å². The molecule has 4 aromatic rings. The van der Waals surface area contributed by atoms with Crippen molar-refractivity contribution in [3.05, 3.63) is 120 Å². The van der Waals surface area contributed by atoms with Crippen LogP contribution in [0.2, 0.25) is 0 Å². The van der Waals surface area contributed by atoms with E-state index in [1.54, 1.807) is 0 Å². The van der Waals surface area contributed by atoms with Gasteiger partial charge in [-0.05, 0) is 40.3 Å². The summed E-state index contributed by atoms with van der Waals surface area (Å²) in [6, 6.07) is 32.5. The number of cyclic esters (lactones) is 1. The Bertz CT molecular complexity index is 1410. The molecule has 0 bridgehead atoms. The zero-order chi connectivity index (χ0) is 26.3. The molecule has 2 amide bonds. The van der Waals surface area contributed by atoms with Gasteiger partial charge in [-0.2, -0.15) is 0 Å². The summed E-state index contributed by atoms with van der Waals surface area (Å²) < 4.78 is 10.8. The topological polar surface area (TPSA) is 72.9 Å². The molecule has 1 saturated heterocycles. The number of fused-ring (bicyclic) bond motifs is 1. The van der Waals surface area contributed by atoms with E-state index in [0.717, 1.165) is 27.5 Å². The third-order valence-electron chi connectivity index (χ3n) is 6.86. The number of carbonyl (C=O) groups is 3. The summed E-state index contributed by atoms with van der Waals surface area (Å²) >= 11 is 0. The third kappa shape index (κ3) is 5.92. The van der Waals surface area contributed by atoms with Gasteiger partial charge in [-0.15, -0.1) is 0 Å². The van der Waals surface area contributed by atoms with E-state index in [2.05, 4.69) is 0 Å². The second-order valence-corrected chi connectivity index (χ2v) is 9.52. The molecule has 6 nitrogen and oxygen atoms in total. The monoisotopic (exact) mass is 507 g/mol. The van der Waals surface area contributed by atoms with Crippen molar-refractivity contribution >= 4 is 28.7 Å². The lowest BCUT2D eigenvalue weighted by molar-refractivity contribution is -0.149. The van der Waals surface area contributed by atoms with Crippen LogP contribution in [0.3, 0.4) is 0 Å². The van der Waals surface area contributed by atoms with Gasteiger partial charge in [-0.25, -0.2) is 9.69 Å². The van der Waals surface area contributed by atoms with E-state index in [-0.39, 0.29) is 19.6 Å². The lowest BCUT2D eigenvalue weighted by Gasteiger charge is -2.25. The van der Waals surface area contributed by atoms with Crippen LogP contribution < -0.4 is 0 Å². The molecule has 0 aliphatic carbocycles. The Balaban J connectivity index is 1.39. The summed E-state index contributed by atoms with van der Waals surface area (Å²) in [5, 5.41) is 2.06. The molecule has 6 heteroatoms. The predicted molar refractivity (Wildman–Crippen MR) is 144 cm³/mol. The number of amides is 2. The molecule has 1 aliphatic heterocycles. The smallest absolute Gasteiger partial charge is 0.416 e. The van der Waals surface area contributed by atoms with Crippen LogP contribution in [0.15, 0.2) is 103 Å². The molecule has 0 aromatic heterocycles. The van der Waals surface area contributed by atoms with Gasteiger partial charge in [0.25, 0.3) is 0 Å². The molecule has 1 heterocycles. The zero-order valence-corrected chi connectivity index (χ0v) is 21.0. The molecule has 0 N–H and O–H groups in total. The lowest BCUT2D eigenvalue weighted by Crippen LogP contribution is -2.44. The van der Waals surface area contributed by atoms with Gasteiger partial charge in [0.1, 0.15) is 13.2 Å². The van der Waals surface area contributed by atoms with E-state index < -0.39 is 29.9 Å². The van der Waals surface area contributed by atoms with Gasteiger partial charge in [0.2, 0.25) is 5.91 Å². The van der Waals surface area contributed by atoms with Gasteiger partial charge in [0.05, 0.1) is 18.4 Å². The molecule has 38 heavy (non-hydrogen) atoms. The minimum Gasteiger partial charge on any atom is -0.461 e. The van der Waals surface area contributed by atoms with Crippen LogP contribution in [0.5, 0.6) is 0 Å². The number of benzene rings is 4. The van der Waals surface area contributed by atoms with Crippen LogP contribution in [0, 0.1) is 5.92 Å². The summed E-state index contributed by atoms with van der Waals surface area (Å²) in [4.78, 5) is 40.8. The number of ether oxygens (including phenoxy) is 2. The van der Waals surface area contributed by atoms with Crippen LogP contribution in [-0.2, 0) is 38.5 Å². The number of esters is 1. The van der Waals surface area contributed by atoms with Crippen LogP contribution in [0.1, 0.15) is 23.1 Å². The van der Waals surface area contributed by atoms with Gasteiger partial charge >= 0.3 is 12.1 Å². The molecule has 0 saturated carbocycles. The van der Waals surface area contributed by atoms with E-state index in [4.69, 9.17) is 9.47 Å². The summed E-state index contributed by atoms with van der Waals surface area (Å²) in [5.74, 6) is -1.69. The summed E-state index contributed by atoms with van der Waals surface area (Å²) in [5.41, 5.74) is 2.80. The molecular weight excluding hydrogens is 478 g/mol. The van der Waals surface area contributed by atoms with E-state index in [9.17, 15) is 14.4 Å². The fraction of sp³-hybridized carbons (Fsp3) is 0.219. The van der Waals surface area contributed by atoms with Gasteiger partial charge in [0, 0.05) is 0 Å². The minimum absolute atomic E-state index is 0.122. The first-order valence-electron chi connectivity index (χ1n) is 12.8. The highest BCUT2D eigenvalue weighted by Gasteiger charge is 2.41.